The van der Waals surface area contributed by atoms with E-state index in [1.165, 1.54) is 7.11 Å². The fraction of sp³-hybridized carbons (Fsp3) is 0.235. The van der Waals surface area contributed by atoms with Gasteiger partial charge in [0.05, 0.1) is 12.6 Å². The van der Waals surface area contributed by atoms with Crippen LogP contribution in [-0.4, -0.2) is 28.2 Å². The van der Waals surface area contributed by atoms with Crippen LogP contribution in [0.2, 0.25) is 0 Å². The van der Waals surface area contributed by atoms with Gasteiger partial charge in [-0.05, 0) is 30.5 Å². The van der Waals surface area contributed by atoms with Gasteiger partial charge < -0.3 is 20.6 Å². The lowest BCUT2D eigenvalue weighted by Crippen LogP contribution is -2.25. The van der Waals surface area contributed by atoms with Crippen molar-refractivity contribution in [3.8, 4) is 5.75 Å². The molecule has 0 aliphatic rings. The molecule has 0 aliphatic heterocycles. The summed E-state index contributed by atoms with van der Waals surface area (Å²) < 4.78 is 5.15. The maximum absolute atomic E-state index is 12.6. The van der Waals surface area contributed by atoms with Gasteiger partial charge in [-0.25, -0.2) is 0 Å². The number of hydrogen-bond acceptors (Lipinski definition) is 4. The number of aryl methyl sites for hydroxylation is 1. The molecule has 0 radical (unpaired) electrons. The van der Waals surface area contributed by atoms with Gasteiger partial charge in [0.2, 0.25) is 5.91 Å². The summed E-state index contributed by atoms with van der Waals surface area (Å²) in [7, 11) is 1.54. The lowest BCUT2D eigenvalue weighted by Gasteiger charge is -2.15. The summed E-state index contributed by atoms with van der Waals surface area (Å²) in [6.45, 7) is 1.70. The Morgan fingerprint density at radius 1 is 1.20 bits per heavy atom. The minimum atomic E-state index is -0.734. The zero-order chi connectivity index (χ0) is 18.1. The monoisotopic (exact) mass is 342 g/mol. The highest BCUT2D eigenvalue weighted by atomic mass is 16.5. The summed E-state index contributed by atoms with van der Waals surface area (Å²) in [5.41, 5.74) is 6.39. The quantitative estimate of drug-likeness (QED) is 0.547. The van der Waals surface area contributed by atoms with Crippen LogP contribution in [0, 0.1) is 6.92 Å². The highest BCUT2D eigenvalue weighted by molar-refractivity contribution is 5.81. The molecule has 0 spiro atoms. The summed E-state index contributed by atoms with van der Waals surface area (Å²) in [6, 6.07) is 6.94. The Morgan fingerprint density at radius 3 is 2.56 bits per heavy atom. The number of aromatic nitrogens is 3. The average Bonchev–Trinajstić information content (AvgIpc) is 2.90. The molecule has 2 heterocycles. The van der Waals surface area contributed by atoms with E-state index in [0.717, 1.165) is 5.39 Å². The van der Waals surface area contributed by atoms with Crippen molar-refractivity contribution in [3.05, 3.63) is 61.8 Å². The third-order valence-electron chi connectivity index (χ3n) is 4.22. The topological polar surface area (TPSA) is 134 Å². The molecule has 0 bridgehead atoms. The Labute approximate surface area is 142 Å². The molecule has 0 unspecified atom stereocenters. The molecule has 8 nitrogen and oxygen atoms in total. The van der Waals surface area contributed by atoms with E-state index in [2.05, 4.69) is 15.2 Å². The number of primary amides is 1. The summed E-state index contributed by atoms with van der Waals surface area (Å²) in [4.78, 5) is 39.0. The molecule has 1 atom stereocenters. The molecule has 0 saturated carbocycles. The Balaban J connectivity index is 2.22. The van der Waals surface area contributed by atoms with Crippen LogP contribution in [0.1, 0.15) is 29.2 Å². The molecular weight excluding hydrogens is 324 g/mol. The molecular formula is C17H18N4O4. The minimum Gasteiger partial charge on any atom is -0.497 e. The number of aromatic amines is 3. The maximum atomic E-state index is 12.6. The Hall–Kier alpha value is -3.29. The van der Waals surface area contributed by atoms with E-state index in [1.807, 2.05) is 0 Å². The van der Waals surface area contributed by atoms with Gasteiger partial charge in [-0.2, -0.15) is 0 Å². The molecule has 25 heavy (non-hydrogen) atoms. The third-order valence-corrected chi connectivity index (χ3v) is 4.22. The SMILES string of the molecule is COc1ccc2cc([C@@H](CC(N)=O)c3c(C)[nH][nH]c3=O)c(=O)[nH]c2c1. The van der Waals surface area contributed by atoms with Crippen molar-refractivity contribution in [1.82, 2.24) is 15.2 Å². The van der Waals surface area contributed by atoms with E-state index in [-0.39, 0.29) is 17.5 Å². The van der Waals surface area contributed by atoms with E-state index >= 15 is 0 Å². The van der Waals surface area contributed by atoms with Crippen LogP contribution in [0.25, 0.3) is 10.9 Å². The van der Waals surface area contributed by atoms with Gasteiger partial charge in [-0.3, -0.25) is 19.5 Å². The van der Waals surface area contributed by atoms with Crippen LogP contribution in [-0.2, 0) is 4.79 Å². The molecule has 3 aromatic rings. The summed E-state index contributed by atoms with van der Waals surface area (Å²) in [6.07, 6.45) is -0.146. The lowest BCUT2D eigenvalue weighted by molar-refractivity contribution is -0.118. The predicted octanol–water partition coefficient (Wildman–Crippen LogP) is 0.869. The number of pyridine rings is 1. The van der Waals surface area contributed by atoms with Crippen molar-refractivity contribution in [3.63, 3.8) is 0 Å². The number of hydrogen-bond donors (Lipinski definition) is 4. The molecule has 5 N–H and O–H groups in total. The predicted molar refractivity (Wildman–Crippen MR) is 92.9 cm³/mol. The second kappa shape index (κ2) is 6.31. The molecule has 0 fully saturated rings. The normalized spacial score (nSPS) is 12.2. The van der Waals surface area contributed by atoms with Crippen molar-refractivity contribution >= 4 is 16.8 Å². The van der Waals surface area contributed by atoms with Crippen LogP contribution in [0.4, 0.5) is 0 Å². The summed E-state index contributed by atoms with van der Waals surface area (Å²) >= 11 is 0. The third kappa shape index (κ3) is 3.06. The number of fused-ring (bicyclic) bond motifs is 1. The minimum absolute atomic E-state index is 0.146. The van der Waals surface area contributed by atoms with Crippen molar-refractivity contribution in [2.45, 2.75) is 19.3 Å². The molecule has 130 valence electrons. The Bertz CT molecular complexity index is 1060. The summed E-state index contributed by atoms with van der Waals surface area (Å²) in [5.74, 6) is -0.718. The molecule has 2 aromatic heterocycles. The molecule has 1 amide bonds. The first-order valence-electron chi connectivity index (χ1n) is 7.67. The van der Waals surface area contributed by atoms with E-state index in [9.17, 15) is 14.4 Å². The Morgan fingerprint density at radius 2 is 1.96 bits per heavy atom. The number of rotatable bonds is 5. The van der Waals surface area contributed by atoms with Gasteiger partial charge in [0.15, 0.2) is 0 Å². The first-order valence-corrected chi connectivity index (χ1v) is 7.67. The molecule has 8 heteroatoms. The van der Waals surface area contributed by atoms with Gasteiger partial charge in [-0.1, -0.05) is 0 Å². The van der Waals surface area contributed by atoms with Gasteiger partial charge in [0.25, 0.3) is 11.1 Å². The van der Waals surface area contributed by atoms with Crippen LogP contribution in [0.5, 0.6) is 5.75 Å². The molecule has 0 aliphatic carbocycles. The number of nitrogens with two attached hydrogens (primary N) is 1. The highest BCUT2D eigenvalue weighted by Crippen LogP contribution is 2.27. The second-order valence-corrected chi connectivity index (χ2v) is 5.85. The molecule has 1 aromatic carbocycles. The first-order chi connectivity index (χ1) is 11.9. The number of carbonyl (C=O) groups is 1. The molecule has 0 saturated heterocycles. The lowest BCUT2D eigenvalue weighted by atomic mass is 9.88. The number of nitrogens with one attached hydrogen (secondary N) is 3. The van der Waals surface area contributed by atoms with Crippen LogP contribution >= 0.6 is 0 Å². The van der Waals surface area contributed by atoms with E-state index in [0.29, 0.717) is 28.1 Å². The number of amides is 1. The van der Waals surface area contributed by atoms with E-state index in [1.54, 1.807) is 31.2 Å². The van der Waals surface area contributed by atoms with Crippen molar-refractivity contribution in [2.24, 2.45) is 5.73 Å². The maximum Gasteiger partial charge on any atom is 0.267 e. The fourth-order valence-electron chi connectivity index (χ4n) is 3.03. The van der Waals surface area contributed by atoms with Crippen molar-refractivity contribution in [1.29, 1.82) is 0 Å². The number of methoxy groups -OCH3 is 1. The van der Waals surface area contributed by atoms with Crippen LogP contribution in [0.3, 0.4) is 0 Å². The summed E-state index contributed by atoms with van der Waals surface area (Å²) in [5, 5.41) is 5.94. The number of benzene rings is 1. The molecule has 3 rings (SSSR count). The van der Waals surface area contributed by atoms with Crippen LogP contribution in [0.15, 0.2) is 33.9 Å². The standard InChI is InChI=1S/C17H18N4O4/c1-8-15(17(24)21-20-8)11(7-14(18)22)12-5-9-3-4-10(25-2)6-13(9)19-16(12)23/h3-6,11H,7H2,1-2H3,(H2,18,22)(H,19,23)(H2,20,21,24)/t11-/m1/s1. The first kappa shape index (κ1) is 16.6. The van der Waals surface area contributed by atoms with Crippen molar-refractivity contribution in [2.75, 3.05) is 7.11 Å². The largest absolute Gasteiger partial charge is 0.497 e. The smallest absolute Gasteiger partial charge is 0.267 e. The van der Waals surface area contributed by atoms with Crippen molar-refractivity contribution < 1.29 is 9.53 Å². The average molecular weight is 342 g/mol. The number of ether oxygens (including phenoxy) is 1. The van der Waals surface area contributed by atoms with E-state index < -0.39 is 11.8 Å². The zero-order valence-electron chi connectivity index (χ0n) is 13.8. The van der Waals surface area contributed by atoms with Gasteiger partial charge in [0, 0.05) is 35.2 Å². The fourth-order valence-corrected chi connectivity index (χ4v) is 3.03. The highest BCUT2D eigenvalue weighted by Gasteiger charge is 2.25. The van der Waals surface area contributed by atoms with Gasteiger partial charge in [-0.15, -0.1) is 0 Å². The van der Waals surface area contributed by atoms with Gasteiger partial charge >= 0.3 is 0 Å². The Kier molecular flexibility index (Phi) is 4.18. The second-order valence-electron chi connectivity index (χ2n) is 5.85. The number of carbonyl (C=O) groups excluding carboxylic acids is 1. The van der Waals surface area contributed by atoms with Gasteiger partial charge in [0.1, 0.15) is 5.75 Å². The number of H-pyrrole nitrogens is 3. The zero-order valence-corrected chi connectivity index (χ0v) is 13.8. The van der Waals surface area contributed by atoms with Crippen LogP contribution < -0.4 is 21.6 Å². The van der Waals surface area contributed by atoms with E-state index in [4.69, 9.17) is 10.5 Å².